The summed E-state index contributed by atoms with van der Waals surface area (Å²) in [6.07, 6.45) is 2.71. The zero-order chi connectivity index (χ0) is 25.1. The van der Waals surface area contributed by atoms with Crippen LogP contribution < -0.4 is 10.0 Å². The molecule has 1 heterocycles. The Kier molecular flexibility index (Phi) is 7.46. The number of halogens is 1. The van der Waals surface area contributed by atoms with Crippen LogP contribution in [0.2, 0.25) is 5.02 Å². The number of amides is 1. The molecule has 3 aromatic carbocycles. The number of hydrogen-bond acceptors (Lipinski definition) is 5. The molecule has 0 saturated carbocycles. The van der Waals surface area contributed by atoms with E-state index in [0.29, 0.717) is 18.8 Å². The predicted octanol–water partition coefficient (Wildman–Crippen LogP) is 4.57. The van der Waals surface area contributed by atoms with Crippen molar-refractivity contribution in [2.24, 2.45) is 0 Å². The molecular formula is C24H24ClN3O5S2. The first-order valence-corrected chi connectivity index (χ1v) is 14.3. The number of hydrogen-bond donors (Lipinski definition) is 2. The molecule has 1 aliphatic rings. The minimum absolute atomic E-state index is 0.0601. The monoisotopic (exact) mass is 533 g/mol. The smallest absolute Gasteiger partial charge is 0.261 e. The molecule has 4 rings (SSSR count). The van der Waals surface area contributed by atoms with Gasteiger partial charge in [0, 0.05) is 24.5 Å². The second-order valence-electron chi connectivity index (χ2n) is 8.06. The molecule has 8 nitrogen and oxygen atoms in total. The van der Waals surface area contributed by atoms with Gasteiger partial charge in [-0.2, -0.15) is 4.31 Å². The standard InChI is InChI=1S/C24H24ClN3O5S2/c25-23-14-11-19(27-34(30,31)20-7-3-1-4-8-20)17-22(23)24(29)26-18-9-12-21(13-10-18)35(32,33)28-15-5-2-6-16-28/h1,3-4,7-14,17,27H,2,5-6,15-16H2,(H,26,29). The van der Waals surface area contributed by atoms with Crippen molar-refractivity contribution in [1.29, 1.82) is 0 Å². The Morgan fingerprint density at radius 1 is 0.771 bits per heavy atom. The summed E-state index contributed by atoms with van der Waals surface area (Å²) in [5, 5.41) is 2.80. The molecule has 0 atom stereocenters. The Balaban J connectivity index is 1.49. The van der Waals surface area contributed by atoms with Crippen molar-refractivity contribution in [2.75, 3.05) is 23.1 Å². The van der Waals surface area contributed by atoms with Crippen LogP contribution in [-0.4, -0.2) is 40.1 Å². The van der Waals surface area contributed by atoms with E-state index in [9.17, 15) is 21.6 Å². The van der Waals surface area contributed by atoms with Crippen LogP contribution in [0.1, 0.15) is 29.6 Å². The van der Waals surface area contributed by atoms with Gasteiger partial charge >= 0.3 is 0 Å². The number of piperidine rings is 1. The maximum absolute atomic E-state index is 12.9. The zero-order valence-corrected chi connectivity index (χ0v) is 21.0. The third-order valence-corrected chi connectivity index (χ3v) is 9.22. The second kappa shape index (κ2) is 10.4. The van der Waals surface area contributed by atoms with E-state index in [0.717, 1.165) is 19.3 Å². The summed E-state index contributed by atoms with van der Waals surface area (Å²) >= 11 is 6.19. The maximum atomic E-state index is 12.9. The molecule has 0 spiro atoms. The molecule has 1 saturated heterocycles. The second-order valence-corrected chi connectivity index (χ2v) is 12.1. The average Bonchev–Trinajstić information content (AvgIpc) is 2.86. The van der Waals surface area contributed by atoms with Crippen molar-refractivity contribution in [3.05, 3.63) is 83.4 Å². The van der Waals surface area contributed by atoms with Crippen LogP contribution in [0, 0.1) is 0 Å². The van der Waals surface area contributed by atoms with Gasteiger partial charge in [0.1, 0.15) is 0 Å². The van der Waals surface area contributed by atoms with Crippen LogP contribution in [0.5, 0.6) is 0 Å². The quantitative estimate of drug-likeness (QED) is 0.462. The molecule has 1 amide bonds. The van der Waals surface area contributed by atoms with E-state index >= 15 is 0 Å². The normalized spacial score (nSPS) is 14.9. The van der Waals surface area contributed by atoms with Crippen LogP contribution in [-0.2, 0) is 20.0 Å². The van der Waals surface area contributed by atoms with Crippen LogP contribution in [0.15, 0.2) is 82.6 Å². The average molecular weight is 534 g/mol. The molecule has 11 heteroatoms. The lowest BCUT2D eigenvalue weighted by Gasteiger charge is -2.25. The SMILES string of the molecule is O=C(Nc1ccc(S(=O)(=O)N2CCCCC2)cc1)c1cc(NS(=O)(=O)c2ccccc2)ccc1Cl. The summed E-state index contributed by atoms with van der Waals surface area (Å²) < 4.78 is 54.7. The molecule has 184 valence electrons. The van der Waals surface area contributed by atoms with E-state index in [2.05, 4.69) is 10.0 Å². The number of rotatable bonds is 7. The third-order valence-electron chi connectivity index (χ3n) is 5.58. The van der Waals surface area contributed by atoms with Crippen molar-refractivity contribution in [2.45, 2.75) is 29.1 Å². The van der Waals surface area contributed by atoms with E-state index < -0.39 is 26.0 Å². The molecule has 1 aliphatic heterocycles. The van der Waals surface area contributed by atoms with Gasteiger partial charge in [0.15, 0.2) is 0 Å². The summed E-state index contributed by atoms with van der Waals surface area (Å²) in [7, 11) is -7.42. The number of benzene rings is 3. The number of nitrogens with one attached hydrogen (secondary N) is 2. The van der Waals surface area contributed by atoms with Crippen LogP contribution >= 0.6 is 11.6 Å². The Labute approximate surface area is 210 Å². The summed E-state index contributed by atoms with van der Waals surface area (Å²) in [5.41, 5.74) is 0.607. The number of carbonyl (C=O) groups is 1. The minimum Gasteiger partial charge on any atom is -0.322 e. The fraction of sp³-hybridized carbons (Fsp3) is 0.208. The van der Waals surface area contributed by atoms with E-state index in [-0.39, 0.29) is 26.1 Å². The van der Waals surface area contributed by atoms with Gasteiger partial charge in [0.25, 0.3) is 15.9 Å². The summed E-state index contributed by atoms with van der Waals surface area (Å²) in [6, 6.07) is 18.0. The van der Waals surface area contributed by atoms with Gasteiger partial charge in [-0.25, -0.2) is 16.8 Å². The Morgan fingerprint density at radius 3 is 2.06 bits per heavy atom. The lowest BCUT2D eigenvalue weighted by Crippen LogP contribution is -2.35. The lowest BCUT2D eigenvalue weighted by molar-refractivity contribution is 0.102. The van der Waals surface area contributed by atoms with Crippen LogP contribution in [0.4, 0.5) is 11.4 Å². The van der Waals surface area contributed by atoms with E-state index in [1.807, 2.05) is 0 Å². The molecule has 0 aliphatic carbocycles. The van der Waals surface area contributed by atoms with E-state index in [4.69, 9.17) is 11.6 Å². The number of sulfonamides is 2. The van der Waals surface area contributed by atoms with Crippen molar-refractivity contribution < 1.29 is 21.6 Å². The first kappa shape index (κ1) is 25.2. The zero-order valence-electron chi connectivity index (χ0n) is 18.6. The first-order chi connectivity index (χ1) is 16.7. The first-order valence-electron chi connectivity index (χ1n) is 11.0. The van der Waals surface area contributed by atoms with Crippen molar-refractivity contribution >= 4 is 48.9 Å². The maximum Gasteiger partial charge on any atom is 0.261 e. The highest BCUT2D eigenvalue weighted by molar-refractivity contribution is 7.92. The highest BCUT2D eigenvalue weighted by Crippen LogP contribution is 2.25. The van der Waals surface area contributed by atoms with Gasteiger partial charge in [0.05, 0.1) is 20.4 Å². The summed E-state index contributed by atoms with van der Waals surface area (Å²) in [6.45, 7) is 1.01. The molecule has 3 aromatic rings. The van der Waals surface area contributed by atoms with Gasteiger partial charge < -0.3 is 5.32 Å². The largest absolute Gasteiger partial charge is 0.322 e. The fourth-order valence-corrected chi connectivity index (χ4v) is 6.53. The molecule has 1 fully saturated rings. The molecule has 0 radical (unpaired) electrons. The molecular weight excluding hydrogens is 510 g/mol. The number of carbonyl (C=O) groups excluding carboxylic acids is 1. The Bertz CT molecular complexity index is 1420. The molecule has 2 N–H and O–H groups in total. The number of nitrogens with zero attached hydrogens (tertiary/aromatic N) is 1. The Morgan fingerprint density at radius 2 is 1.40 bits per heavy atom. The molecule has 0 bridgehead atoms. The van der Waals surface area contributed by atoms with Crippen LogP contribution in [0.3, 0.4) is 0 Å². The fourth-order valence-electron chi connectivity index (χ4n) is 3.74. The number of anilines is 2. The summed E-state index contributed by atoms with van der Waals surface area (Å²) in [5.74, 6) is -0.567. The van der Waals surface area contributed by atoms with E-state index in [1.165, 1.54) is 58.9 Å². The third kappa shape index (κ3) is 5.84. The van der Waals surface area contributed by atoms with Gasteiger partial charge in [-0.15, -0.1) is 0 Å². The molecule has 0 unspecified atom stereocenters. The molecule has 35 heavy (non-hydrogen) atoms. The minimum atomic E-state index is -3.84. The van der Waals surface area contributed by atoms with Gasteiger partial charge in [-0.1, -0.05) is 36.2 Å². The highest BCUT2D eigenvalue weighted by Gasteiger charge is 2.26. The molecule has 0 aromatic heterocycles. The van der Waals surface area contributed by atoms with Crippen molar-refractivity contribution in [3.8, 4) is 0 Å². The van der Waals surface area contributed by atoms with Gasteiger partial charge in [-0.3, -0.25) is 9.52 Å². The van der Waals surface area contributed by atoms with E-state index in [1.54, 1.807) is 18.2 Å². The van der Waals surface area contributed by atoms with Crippen LogP contribution in [0.25, 0.3) is 0 Å². The van der Waals surface area contributed by atoms with Gasteiger partial charge in [-0.05, 0) is 67.4 Å². The lowest BCUT2D eigenvalue weighted by atomic mass is 10.2. The summed E-state index contributed by atoms with van der Waals surface area (Å²) in [4.78, 5) is 13.1. The van der Waals surface area contributed by atoms with Crippen molar-refractivity contribution in [1.82, 2.24) is 4.31 Å². The Hall–Kier alpha value is -2.92. The topological polar surface area (TPSA) is 113 Å². The predicted molar refractivity (Wildman–Crippen MR) is 136 cm³/mol. The highest BCUT2D eigenvalue weighted by atomic mass is 35.5. The van der Waals surface area contributed by atoms with Crippen molar-refractivity contribution in [3.63, 3.8) is 0 Å². The van der Waals surface area contributed by atoms with Gasteiger partial charge in [0.2, 0.25) is 10.0 Å².